The van der Waals surface area contributed by atoms with Crippen molar-refractivity contribution < 1.29 is 14.3 Å². The van der Waals surface area contributed by atoms with Crippen molar-refractivity contribution in [3.8, 4) is 5.75 Å². The van der Waals surface area contributed by atoms with E-state index in [-0.39, 0.29) is 18.0 Å². The summed E-state index contributed by atoms with van der Waals surface area (Å²) in [6, 6.07) is 8.20. The molecular formula is C20H30O3. The summed E-state index contributed by atoms with van der Waals surface area (Å²) in [5.74, 6) is 1.17. The summed E-state index contributed by atoms with van der Waals surface area (Å²) in [7, 11) is 0. The monoisotopic (exact) mass is 318 g/mol. The maximum atomic E-state index is 12.1. The van der Waals surface area contributed by atoms with E-state index in [4.69, 9.17) is 9.47 Å². The number of carbonyl (C=O) groups is 1. The highest BCUT2D eigenvalue weighted by atomic mass is 16.5. The first-order chi connectivity index (χ1) is 11.3. The fraction of sp³-hybridized carbons (Fsp3) is 0.650. The van der Waals surface area contributed by atoms with E-state index in [2.05, 4.69) is 13.0 Å². The standard InChI is InChI=1S/C20H30O3/c1-3-5-6-15-20(21)23-19-14-10-8-12-17(19)16-11-7-9-13-18(16)22-4-2/h7,9,11,13,17,19H,3-6,8,10,12,14-15H2,1-2H3/t17-,19+/m0/s1. The zero-order valence-corrected chi connectivity index (χ0v) is 14.6. The maximum Gasteiger partial charge on any atom is 0.306 e. The molecule has 0 amide bonds. The molecular weight excluding hydrogens is 288 g/mol. The Labute approximate surface area is 140 Å². The lowest BCUT2D eigenvalue weighted by Crippen LogP contribution is -2.29. The van der Waals surface area contributed by atoms with Crippen molar-refractivity contribution in [2.45, 2.75) is 77.2 Å². The molecule has 1 aliphatic rings. The smallest absolute Gasteiger partial charge is 0.306 e. The fourth-order valence-electron chi connectivity index (χ4n) is 3.41. The van der Waals surface area contributed by atoms with Gasteiger partial charge in [0, 0.05) is 17.9 Å². The zero-order chi connectivity index (χ0) is 16.5. The molecule has 2 atom stereocenters. The Hall–Kier alpha value is -1.51. The molecule has 0 spiro atoms. The number of esters is 1. The Kier molecular flexibility index (Phi) is 7.44. The van der Waals surface area contributed by atoms with Crippen molar-refractivity contribution in [3.05, 3.63) is 29.8 Å². The van der Waals surface area contributed by atoms with Gasteiger partial charge in [0.25, 0.3) is 0 Å². The quantitative estimate of drug-likeness (QED) is 0.486. The third-order valence-corrected chi connectivity index (χ3v) is 4.59. The van der Waals surface area contributed by atoms with Crippen molar-refractivity contribution >= 4 is 5.97 Å². The molecule has 2 rings (SSSR count). The first kappa shape index (κ1) is 17.8. The van der Waals surface area contributed by atoms with Crippen LogP contribution in [-0.4, -0.2) is 18.7 Å². The summed E-state index contributed by atoms with van der Waals surface area (Å²) in [6.45, 7) is 4.81. The molecule has 1 aromatic rings. The summed E-state index contributed by atoms with van der Waals surface area (Å²) < 4.78 is 11.6. The van der Waals surface area contributed by atoms with Crippen LogP contribution in [0.5, 0.6) is 5.75 Å². The topological polar surface area (TPSA) is 35.5 Å². The van der Waals surface area contributed by atoms with Crippen molar-refractivity contribution in [2.24, 2.45) is 0 Å². The number of unbranched alkanes of at least 4 members (excludes halogenated alkanes) is 2. The van der Waals surface area contributed by atoms with E-state index >= 15 is 0 Å². The van der Waals surface area contributed by atoms with Gasteiger partial charge in [0.15, 0.2) is 0 Å². The summed E-state index contributed by atoms with van der Waals surface area (Å²) >= 11 is 0. The van der Waals surface area contributed by atoms with Crippen LogP contribution in [0.25, 0.3) is 0 Å². The molecule has 128 valence electrons. The minimum atomic E-state index is -0.0377. The summed E-state index contributed by atoms with van der Waals surface area (Å²) in [6.07, 6.45) is 8.06. The van der Waals surface area contributed by atoms with Crippen LogP contribution >= 0.6 is 0 Å². The zero-order valence-electron chi connectivity index (χ0n) is 14.6. The van der Waals surface area contributed by atoms with E-state index in [9.17, 15) is 4.79 Å². The molecule has 0 saturated heterocycles. The molecule has 0 aromatic heterocycles. The number of ether oxygens (including phenoxy) is 2. The van der Waals surface area contributed by atoms with Crippen molar-refractivity contribution in [1.82, 2.24) is 0 Å². The van der Waals surface area contributed by atoms with Crippen LogP contribution in [-0.2, 0) is 9.53 Å². The molecule has 1 saturated carbocycles. The normalized spacial score (nSPS) is 21.0. The average Bonchev–Trinajstić information content (AvgIpc) is 2.57. The van der Waals surface area contributed by atoms with Crippen molar-refractivity contribution in [2.75, 3.05) is 6.61 Å². The molecule has 1 aliphatic carbocycles. The van der Waals surface area contributed by atoms with Gasteiger partial charge in [0.2, 0.25) is 0 Å². The van der Waals surface area contributed by atoms with Gasteiger partial charge in [-0.05, 0) is 38.7 Å². The van der Waals surface area contributed by atoms with Crippen LogP contribution in [0.2, 0.25) is 0 Å². The first-order valence-electron chi connectivity index (χ1n) is 9.17. The summed E-state index contributed by atoms with van der Waals surface area (Å²) in [5, 5.41) is 0. The predicted molar refractivity (Wildman–Crippen MR) is 92.8 cm³/mol. The largest absolute Gasteiger partial charge is 0.494 e. The van der Waals surface area contributed by atoms with Crippen molar-refractivity contribution in [1.29, 1.82) is 0 Å². The molecule has 3 heteroatoms. The van der Waals surface area contributed by atoms with Crippen LogP contribution in [0.1, 0.15) is 76.7 Å². The molecule has 3 nitrogen and oxygen atoms in total. The number of carbonyl (C=O) groups excluding carboxylic acids is 1. The highest BCUT2D eigenvalue weighted by molar-refractivity contribution is 5.69. The van der Waals surface area contributed by atoms with E-state index in [1.54, 1.807) is 0 Å². The Morgan fingerprint density at radius 2 is 1.91 bits per heavy atom. The van der Waals surface area contributed by atoms with E-state index in [0.717, 1.165) is 44.3 Å². The molecule has 0 heterocycles. The Morgan fingerprint density at radius 1 is 1.13 bits per heavy atom. The molecule has 0 radical (unpaired) electrons. The maximum absolute atomic E-state index is 12.1. The van der Waals surface area contributed by atoms with E-state index in [0.29, 0.717) is 13.0 Å². The van der Waals surface area contributed by atoms with E-state index in [1.165, 1.54) is 12.0 Å². The lowest BCUT2D eigenvalue weighted by Gasteiger charge is -2.32. The second kappa shape index (κ2) is 9.59. The van der Waals surface area contributed by atoms with Crippen LogP contribution in [0, 0.1) is 0 Å². The van der Waals surface area contributed by atoms with Gasteiger partial charge in [-0.3, -0.25) is 4.79 Å². The van der Waals surface area contributed by atoms with Gasteiger partial charge >= 0.3 is 5.97 Å². The minimum absolute atomic E-state index is 0.000479. The highest BCUT2D eigenvalue weighted by Crippen LogP contribution is 2.39. The second-order valence-electron chi connectivity index (χ2n) is 6.35. The van der Waals surface area contributed by atoms with Gasteiger partial charge in [-0.2, -0.15) is 0 Å². The molecule has 0 N–H and O–H groups in total. The van der Waals surface area contributed by atoms with E-state index in [1.807, 2.05) is 25.1 Å². The van der Waals surface area contributed by atoms with Crippen LogP contribution in [0.3, 0.4) is 0 Å². The average molecular weight is 318 g/mol. The minimum Gasteiger partial charge on any atom is -0.494 e. The molecule has 23 heavy (non-hydrogen) atoms. The lowest BCUT2D eigenvalue weighted by molar-refractivity contribution is -0.151. The fourth-order valence-corrected chi connectivity index (χ4v) is 3.41. The number of hydrogen-bond donors (Lipinski definition) is 0. The highest BCUT2D eigenvalue weighted by Gasteiger charge is 2.31. The molecule has 0 aliphatic heterocycles. The van der Waals surface area contributed by atoms with Gasteiger partial charge in [-0.1, -0.05) is 44.4 Å². The first-order valence-corrected chi connectivity index (χ1v) is 9.17. The van der Waals surface area contributed by atoms with Crippen LogP contribution < -0.4 is 4.74 Å². The van der Waals surface area contributed by atoms with Gasteiger partial charge in [-0.15, -0.1) is 0 Å². The summed E-state index contributed by atoms with van der Waals surface area (Å²) in [4.78, 5) is 12.1. The van der Waals surface area contributed by atoms with Crippen molar-refractivity contribution in [3.63, 3.8) is 0 Å². The predicted octanol–water partition coefficient (Wildman–Crippen LogP) is 5.24. The van der Waals surface area contributed by atoms with Gasteiger partial charge in [-0.25, -0.2) is 0 Å². The third-order valence-electron chi connectivity index (χ3n) is 4.59. The lowest BCUT2D eigenvalue weighted by atomic mass is 9.81. The SMILES string of the molecule is CCCCCC(=O)O[C@@H]1CCCC[C@H]1c1ccccc1OCC. The molecule has 0 unspecified atom stereocenters. The van der Waals surface area contributed by atoms with Gasteiger partial charge in [0.1, 0.15) is 11.9 Å². The summed E-state index contributed by atoms with van der Waals surface area (Å²) in [5.41, 5.74) is 1.19. The molecule has 0 bridgehead atoms. The Morgan fingerprint density at radius 3 is 2.70 bits per heavy atom. The Bertz CT molecular complexity index is 484. The van der Waals surface area contributed by atoms with Gasteiger partial charge < -0.3 is 9.47 Å². The Balaban J connectivity index is 2.05. The van der Waals surface area contributed by atoms with Crippen LogP contribution in [0.4, 0.5) is 0 Å². The number of para-hydroxylation sites is 1. The molecule has 1 aromatic carbocycles. The van der Waals surface area contributed by atoms with Crippen LogP contribution in [0.15, 0.2) is 24.3 Å². The van der Waals surface area contributed by atoms with Gasteiger partial charge in [0.05, 0.1) is 6.61 Å². The number of rotatable bonds is 8. The molecule has 1 fully saturated rings. The third kappa shape index (κ3) is 5.26. The second-order valence-corrected chi connectivity index (χ2v) is 6.35. The number of benzene rings is 1. The van der Waals surface area contributed by atoms with E-state index < -0.39 is 0 Å². The number of hydrogen-bond acceptors (Lipinski definition) is 3.